The average Bonchev–Trinajstić information content (AvgIpc) is 2.87. The van der Waals surface area contributed by atoms with Crippen LogP contribution in [0.2, 0.25) is 0 Å². The number of halogens is 3. The molecule has 1 aromatic heterocycles. The number of nitrogens with zero attached hydrogens (tertiary/aromatic N) is 5. The molecule has 0 unspecified atom stereocenters. The van der Waals surface area contributed by atoms with E-state index in [1.807, 2.05) is 11.9 Å². The molecule has 0 aliphatic carbocycles. The van der Waals surface area contributed by atoms with E-state index >= 15 is 0 Å². The number of aromatic nitrogens is 3. The lowest BCUT2D eigenvalue weighted by Crippen LogP contribution is -2.47. The monoisotopic (exact) mass is 486 g/mol. The number of alkyl halides is 3. The third-order valence-electron chi connectivity index (χ3n) is 5.68. The number of carbonyl (C=O) groups is 1. The van der Waals surface area contributed by atoms with Crippen molar-refractivity contribution in [3.8, 4) is 17.4 Å². The highest BCUT2D eigenvalue weighted by molar-refractivity contribution is 5.94. The number of likely N-dealkylation sites (N-methyl/N-ethyl adjacent to an activating group) is 1. The Bertz CT molecular complexity index is 1180. The molecule has 35 heavy (non-hydrogen) atoms. The molecule has 1 saturated heterocycles. The van der Waals surface area contributed by atoms with Gasteiger partial charge in [-0.05, 0) is 36.9 Å². The van der Waals surface area contributed by atoms with Gasteiger partial charge in [-0.3, -0.25) is 4.79 Å². The minimum Gasteiger partial charge on any atom is -0.467 e. The Morgan fingerprint density at radius 2 is 1.74 bits per heavy atom. The van der Waals surface area contributed by atoms with E-state index in [0.717, 1.165) is 25.2 Å². The molecule has 11 heteroatoms. The summed E-state index contributed by atoms with van der Waals surface area (Å²) in [4.78, 5) is 29.6. The fourth-order valence-electron chi connectivity index (χ4n) is 3.65. The number of rotatable bonds is 6. The molecule has 1 fully saturated rings. The number of piperazine rings is 1. The minimum atomic E-state index is -4.42. The molecule has 0 atom stereocenters. The molecule has 0 saturated carbocycles. The normalized spacial score (nSPS) is 14.6. The van der Waals surface area contributed by atoms with E-state index in [9.17, 15) is 18.0 Å². The molecule has 2 aromatic carbocycles. The Labute approximate surface area is 200 Å². The molecule has 184 valence electrons. The predicted molar refractivity (Wildman–Crippen MR) is 124 cm³/mol. The lowest BCUT2D eigenvalue weighted by atomic mass is 10.1. The van der Waals surface area contributed by atoms with Crippen LogP contribution >= 0.6 is 0 Å². The summed E-state index contributed by atoms with van der Waals surface area (Å²) in [5.41, 5.74) is 0.911. The predicted octanol–water partition coefficient (Wildman–Crippen LogP) is 3.57. The highest BCUT2D eigenvalue weighted by atomic mass is 19.4. The highest BCUT2D eigenvalue weighted by Crippen LogP contribution is 2.29. The second kappa shape index (κ2) is 10.3. The number of hydrogen-bond acceptors (Lipinski definition) is 7. The van der Waals surface area contributed by atoms with Crippen LogP contribution in [0.5, 0.6) is 6.01 Å². The first kappa shape index (κ1) is 24.4. The molecule has 1 aliphatic rings. The van der Waals surface area contributed by atoms with Gasteiger partial charge in [-0.1, -0.05) is 24.3 Å². The van der Waals surface area contributed by atoms with Gasteiger partial charge in [0.1, 0.15) is 0 Å². The average molecular weight is 486 g/mol. The molecule has 2 heterocycles. The van der Waals surface area contributed by atoms with Crippen LogP contribution in [0.3, 0.4) is 0 Å². The topological polar surface area (TPSA) is 83.5 Å². The van der Waals surface area contributed by atoms with Gasteiger partial charge in [-0.15, -0.1) is 0 Å². The lowest BCUT2D eigenvalue weighted by molar-refractivity contribution is -0.137. The van der Waals surface area contributed by atoms with Crippen LogP contribution in [-0.4, -0.2) is 71.0 Å². The Morgan fingerprint density at radius 1 is 1.03 bits per heavy atom. The van der Waals surface area contributed by atoms with Crippen molar-refractivity contribution in [3.05, 3.63) is 65.2 Å². The first-order valence-corrected chi connectivity index (χ1v) is 11.0. The number of benzene rings is 2. The van der Waals surface area contributed by atoms with E-state index in [4.69, 9.17) is 4.74 Å². The number of carbonyl (C=O) groups excluding carboxylic acids is 1. The van der Waals surface area contributed by atoms with Gasteiger partial charge in [-0.25, -0.2) is 0 Å². The molecule has 1 aliphatic heterocycles. The number of amides is 1. The maximum atomic E-state index is 13.0. The standard InChI is InChI=1S/C24H25F3N6O2/c1-32-10-12-33(13-11-32)21(34)18-8-6-17(7-9-18)20-29-22(31-23(30-20)35-2)28-15-16-4-3-5-19(14-16)24(25,26)27/h3-9,14H,10-13,15H2,1-2H3,(H,28,29,30,31). The van der Waals surface area contributed by atoms with Crippen molar-refractivity contribution < 1.29 is 22.7 Å². The number of nitrogens with one attached hydrogen (secondary N) is 1. The van der Waals surface area contributed by atoms with Gasteiger partial charge in [0.2, 0.25) is 5.95 Å². The quantitative estimate of drug-likeness (QED) is 0.570. The van der Waals surface area contributed by atoms with Gasteiger partial charge >= 0.3 is 12.2 Å². The molecule has 8 nitrogen and oxygen atoms in total. The lowest BCUT2D eigenvalue weighted by Gasteiger charge is -2.32. The van der Waals surface area contributed by atoms with Gasteiger partial charge in [0.15, 0.2) is 5.82 Å². The summed E-state index contributed by atoms with van der Waals surface area (Å²) >= 11 is 0. The first-order valence-electron chi connectivity index (χ1n) is 11.0. The van der Waals surface area contributed by atoms with Crippen LogP contribution < -0.4 is 10.1 Å². The second-order valence-corrected chi connectivity index (χ2v) is 8.19. The van der Waals surface area contributed by atoms with Gasteiger partial charge in [0.05, 0.1) is 12.7 Å². The smallest absolute Gasteiger partial charge is 0.416 e. The zero-order chi connectivity index (χ0) is 25.0. The van der Waals surface area contributed by atoms with E-state index in [0.29, 0.717) is 35.6 Å². The molecular weight excluding hydrogens is 461 g/mol. The van der Waals surface area contributed by atoms with E-state index in [1.54, 1.807) is 30.3 Å². The SMILES string of the molecule is COc1nc(NCc2cccc(C(F)(F)F)c2)nc(-c2ccc(C(=O)N3CCN(C)CC3)cc2)n1. The Hall–Kier alpha value is -3.73. The molecular formula is C24H25F3N6O2. The summed E-state index contributed by atoms with van der Waals surface area (Å²) in [6.07, 6.45) is -4.42. The molecule has 3 aromatic rings. The number of methoxy groups -OCH3 is 1. The van der Waals surface area contributed by atoms with Crippen molar-refractivity contribution in [3.63, 3.8) is 0 Å². The van der Waals surface area contributed by atoms with E-state index in [2.05, 4.69) is 25.2 Å². The minimum absolute atomic E-state index is 0.0266. The molecule has 0 radical (unpaired) electrons. The highest BCUT2D eigenvalue weighted by Gasteiger charge is 2.30. The largest absolute Gasteiger partial charge is 0.467 e. The molecule has 4 rings (SSSR count). The Morgan fingerprint density at radius 3 is 2.40 bits per heavy atom. The third kappa shape index (κ3) is 6.04. The van der Waals surface area contributed by atoms with Crippen LogP contribution in [0.25, 0.3) is 11.4 Å². The van der Waals surface area contributed by atoms with Crippen LogP contribution in [0, 0.1) is 0 Å². The van der Waals surface area contributed by atoms with Crippen molar-refractivity contribution in [2.75, 3.05) is 45.7 Å². The zero-order valence-electron chi connectivity index (χ0n) is 19.3. The summed E-state index contributed by atoms with van der Waals surface area (Å²) in [5, 5.41) is 2.93. The maximum Gasteiger partial charge on any atom is 0.416 e. The van der Waals surface area contributed by atoms with E-state index in [-0.39, 0.29) is 24.4 Å². The van der Waals surface area contributed by atoms with Gasteiger partial charge in [-0.2, -0.15) is 28.1 Å². The van der Waals surface area contributed by atoms with Crippen LogP contribution in [0.15, 0.2) is 48.5 Å². The number of anilines is 1. The summed E-state index contributed by atoms with van der Waals surface area (Å²) in [7, 11) is 3.44. The molecule has 1 N–H and O–H groups in total. The number of ether oxygens (including phenoxy) is 1. The molecule has 0 bridgehead atoms. The molecule has 1 amide bonds. The van der Waals surface area contributed by atoms with E-state index < -0.39 is 11.7 Å². The van der Waals surface area contributed by atoms with Gasteiger partial charge < -0.3 is 19.9 Å². The fourth-order valence-corrected chi connectivity index (χ4v) is 3.65. The van der Waals surface area contributed by atoms with Crippen molar-refractivity contribution in [2.24, 2.45) is 0 Å². The van der Waals surface area contributed by atoms with Gasteiger partial charge in [0, 0.05) is 43.9 Å². The van der Waals surface area contributed by atoms with Crippen molar-refractivity contribution in [1.29, 1.82) is 0 Å². The maximum absolute atomic E-state index is 13.0. The molecule has 0 spiro atoms. The fraction of sp³-hybridized carbons (Fsp3) is 0.333. The summed E-state index contributed by atoms with van der Waals surface area (Å²) in [5.74, 6) is 0.435. The second-order valence-electron chi connectivity index (χ2n) is 8.19. The Balaban J connectivity index is 1.49. The van der Waals surface area contributed by atoms with Crippen LogP contribution in [0.4, 0.5) is 19.1 Å². The van der Waals surface area contributed by atoms with E-state index in [1.165, 1.54) is 13.2 Å². The summed E-state index contributed by atoms with van der Waals surface area (Å²) in [6, 6.07) is 12.0. The van der Waals surface area contributed by atoms with Crippen molar-refractivity contribution in [1.82, 2.24) is 24.8 Å². The summed E-state index contributed by atoms with van der Waals surface area (Å²) < 4.78 is 44.1. The van der Waals surface area contributed by atoms with Crippen LogP contribution in [-0.2, 0) is 12.7 Å². The summed E-state index contributed by atoms with van der Waals surface area (Å²) in [6.45, 7) is 3.12. The Kier molecular flexibility index (Phi) is 7.15. The van der Waals surface area contributed by atoms with Crippen molar-refractivity contribution >= 4 is 11.9 Å². The van der Waals surface area contributed by atoms with Crippen molar-refractivity contribution in [2.45, 2.75) is 12.7 Å². The third-order valence-corrected chi connectivity index (χ3v) is 5.68. The number of hydrogen-bond donors (Lipinski definition) is 1. The first-order chi connectivity index (χ1) is 16.7. The zero-order valence-corrected chi connectivity index (χ0v) is 19.3. The van der Waals surface area contributed by atoms with Crippen LogP contribution in [0.1, 0.15) is 21.5 Å². The van der Waals surface area contributed by atoms with Gasteiger partial charge in [0.25, 0.3) is 5.91 Å².